The van der Waals surface area contributed by atoms with Crippen molar-refractivity contribution in [3.63, 3.8) is 0 Å². The van der Waals surface area contributed by atoms with Crippen molar-refractivity contribution in [3.05, 3.63) is 33.3 Å². The van der Waals surface area contributed by atoms with Gasteiger partial charge in [0.15, 0.2) is 0 Å². The lowest BCUT2D eigenvalue weighted by Gasteiger charge is -2.01. The Morgan fingerprint density at radius 1 is 1.55 bits per heavy atom. The molecule has 0 amide bonds. The fourth-order valence-corrected chi connectivity index (χ4v) is 1.32. The van der Waals surface area contributed by atoms with Gasteiger partial charge in [0.05, 0.1) is 6.61 Å². The van der Waals surface area contributed by atoms with Crippen LogP contribution in [0.5, 0.6) is 0 Å². The summed E-state index contributed by atoms with van der Waals surface area (Å²) >= 11 is 9.13. The molecule has 0 saturated heterocycles. The highest BCUT2D eigenvalue weighted by molar-refractivity contribution is 9.10. The van der Waals surface area contributed by atoms with Gasteiger partial charge in [0.25, 0.3) is 0 Å². The number of halogens is 2. The second kappa shape index (κ2) is 4.07. The second-order valence-electron chi connectivity index (χ2n) is 2.05. The van der Waals surface area contributed by atoms with Gasteiger partial charge in [0.2, 0.25) is 0 Å². The summed E-state index contributed by atoms with van der Waals surface area (Å²) in [5.41, 5.74) is 0.878. The number of hydrogen-bond acceptors (Lipinski definition) is 2. The zero-order chi connectivity index (χ0) is 8.27. The molecule has 4 heteroatoms. The molecule has 1 aromatic rings. The van der Waals surface area contributed by atoms with Gasteiger partial charge in [-0.05, 0) is 23.8 Å². The van der Waals surface area contributed by atoms with Gasteiger partial charge in [0.1, 0.15) is 0 Å². The molecule has 2 nitrogen and oxygen atoms in total. The summed E-state index contributed by atoms with van der Waals surface area (Å²) < 4.78 is 0.967. The summed E-state index contributed by atoms with van der Waals surface area (Å²) in [6.07, 6.45) is 0. The third-order valence-electron chi connectivity index (χ3n) is 1.25. The monoisotopic (exact) mass is 235 g/mol. The Morgan fingerprint density at radius 2 is 2.27 bits per heavy atom. The molecule has 0 aliphatic rings. The van der Waals surface area contributed by atoms with Gasteiger partial charge in [0, 0.05) is 9.50 Å². The number of benzene rings is 1. The molecule has 0 aromatic heterocycles. The maximum Gasteiger partial charge on any atom is 0.0944 e. The summed E-state index contributed by atoms with van der Waals surface area (Å²) in [6.45, 7) is 0.332. The average Bonchev–Trinajstić information content (AvgIpc) is 1.98. The molecule has 0 aliphatic heterocycles. The third kappa shape index (κ3) is 2.45. The predicted molar refractivity (Wildman–Crippen MR) is 48.1 cm³/mol. The molecule has 0 fully saturated rings. The van der Waals surface area contributed by atoms with E-state index in [9.17, 15) is 0 Å². The van der Waals surface area contributed by atoms with E-state index in [1.54, 1.807) is 6.07 Å². The summed E-state index contributed by atoms with van der Waals surface area (Å²) in [5, 5.41) is 0.665. The Morgan fingerprint density at radius 3 is 2.91 bits per heavy atom. The molecular weight excluding hydrogens is 229 g/mol. The molecule has 11 heavy (non-hydrogen) atoms. The van der Waals surface area contributed by atoms with Crippen molar-refractivity contribution in [2.45, 2.75) is 6.61 Å². The number of nitrogens with two attached hydrogens (primary N) is 1. The van der Waals surface area contributed by atoms with Crippen molar-refractivity contribution in [2.24, 2.45) is 5.90 Å². The molecule has 0 radical (unpaired) electrons. The van der Waals surface area contributed by atoms with E-state index in [0.29, 0.717) is 11.6 Å². The van der Waals surface area contributed by atoms with Gasteiger partial charge >= 0.3 is 0 Å². The van der Waals surface area contributed by atoms with E-state index in [1.165, 1.54) is 0 Å². The molecule has 1 aromatic carbocycles. The van der Waals surface area contributed by atoms with Gasteiger partial charge in [-0.25, -0.2) is 5.90 Å². The lowest BCUT2D eigenvalue weighted by Crippen LogP contribution is -1.99. The molecule has 2 N–H and O–H groups in total. The van der Waals surface area contributed by atoms with Crippen LogP contribution in [0.4, 0.5) is 0 Å². The van der Waals surface area contributed by atoms with Gasteiger partial charge in [-0.15, -0.1) is 0 Å². The highest BCUT2D eigenvalue weighted by Gasteiger charge is 1.99. The molecule has 60 valence electrons. The lowest BCUT2D eigenvalue weighted by atomic mass is 10.2. The molecular formula is C7H7BrClNO. The van der Waals surface area contributed by atoms with E-state index in [0.717, 1.165) is 10.0 Å². The van der Waals surface area contributed by atoms with Crippen LogP contribution in [0.3, 0.4) is 0 Å². The Hall–Kier alpha value is -0.0900. The normalized spacial score (nSPS) is 10.1. The minimum atomic E-state index is 0.332. The van der Waals surface area contributed by atoms with Crippen molar-refractivity contribution in [3.8, 4) is 0 Å². The van der Waals surface area contributed by atoms with Crippen molar-refractivity contribution in [1.29, 1.82) is 0 Å². The highest BCUT2D eigenvalue weighted by Crippen LogP contribution is 2.20. The van der Waals surface area contributed by atoms with Crippen molar-refractivity contribution >= 4 is 27.5 Å². The van der Waals surface area contributed by atoms with Crippen molar-refractivity contribution in [2.75, 3.05) is 0 Å². The first-order chi connectivity index (χ1) is 5.24. The van der Waals surface area contributed by atoms with E-state index in [-0.39, 0.29) is 0 Å². The van der Waals surface area contributed by atoms with E-state index in [2.05, 4.69) is 20.8 Å². The summed E-state index contributed by atoms with van der Waals surface area (Å²) in [6, 6.07) is 5.53. The molecule has 0 aliphatic carbocycles. The first kappa shape index (κ1) is 9.00. The van der Waals surface area contributed by atoms with Crippen LogP contribution in [0.25, 0.3) is 0 Å². The fraction of sp³-hybridized carbons (Fsp3) is 0.143. The van der Waals surface area contributed by atoms with Gasteiger partial charge in [-0.2, -0.15) is 0 Å². The van der Waals surface area contributed by atoms with E-state index in [4.69, 9.17) is 17.5 Å². The first-order valence-corrected chi connectivity index (χ1v) is 4.16. The summed E-state index contributed by atoms with van der Waals surface area (Å²) in [7, 11) is 0. The summed E-state index contributed by atoms with van der Waals surface area (Å²) in [5.74, 6) is 4.91. The minimum Gasteiger partial charge on any atom is -0.300 e. The Labute approximate surface area is 78.4 Å². The van der Waals surface area contributed by atoms with Crippen LogP contribution >= 0.6 is 27.5 Å². The van der Waals surface area contributed by atoms with Crippen molar-refractivity contribution < 1.29 is 4.84 Å². The molecule has 0 spiro atoms. The molecule has 0 atom stereocenters. The average molecular weight is 236 g/mol. The van der Waals surface area contributed by atoms with E-state index in [1.807, 2.05) is 12.1 Å². The van der Waals surface area contributed by atoms with E-state index < -0.39 is 0 Å². The molecule has 1 rings (SSSR count). The number of hydrogen-bond donors (Lipinski definition) is 1. The van der Waals surface area contributed by atoms with Crippen LogP contribution in [0.15, 0.2) is 22.7 Å². The zero-order valence-electron chi connectivity index (χ0n) is 5.68. The van der Waals surface area contributed by atoms with Crippen LogP contribution in [-0.2, 0) is 11.4 Å². The first-order valence-electron chi connectivity index (χ1n) is 2.99. The van der Waals surface area contributed by atoms with Crippen LogP contribution in [-0.4, -0.2) is 0 Å². The standard InChI is InChI=1S/C7H7BrClNO/c8-6-1-2-7(9)5(3-6)4-11-10/h1-3H,4,10H2. The lowest BCUT2D eigenvalue weighted by molar-refractivity contribution is 0.124. The number of rotatable bonds is 2. The third-order valence-corrected chi connectivity index (χ3v) is 2.11. The van der Waals surface area contributed by atoms with Crippen LogP contribution in [0.1, 0.15) is 5.56 Å². The molecule has 0 saturated carbocycles. The van der Waals surface area contributed by atoms with Gasteiger partial charge in [-0.3, -0.25) is 4.84 Å². The second-order valence-corrected chi connectivity index (χ2v) is 3.37. The quantitative estimate of drug-likeness (QED) is 0.801. The molecule has 0 heterocycles. The van der Waals surface area contributed by atoms with Crippen LogP contribution < -0.4 is 5.90 Å². The topological polar surface area (TPSA) is 35.2 Å². The smallest absolute Gasteiger partial charge is 0.0944 e. The SMILES string of the molecule is NOCc1cc(Br)ccc1Cl. The van der Waals surface area contributed by atoms with Gasteiger partial charge in [-0.1, -0.05) is 27.5 Å². The van der Waals surface area contributed by atoms with Gasteiger partial charge < -0.3 is 0 Å². The Bertz CT molecular complexity index is 254. The highest BCUT2D eigenvalue weighted by atomic mass is 79.9. The fourth-order valence-electron chi connectivity index (χ4n) is 0.744. The summed E-state index contributed by atoms with van der Waals surface area (Å²) in [4.78, 5) is 4.46. The predicted octanol–water partition coefficient (Wildman–Crippen LogP) is 2.49. The van der Waals surface area contributed by atoms with Crippen molar-refractivity contribution in [1.82, 2.24) is 0 Å². The Kier molecular flexibility index (Phi) is 3.33. The maximum atomic E-state index is 5.82. The Balaban J connectivity index is 2.93. The largest absolute Gasteiger partial charge is 0.300 e. The molecule has 0 unspecified atom stereocenters. The minimum absolute atomic E-state index is 0.332. The maximum absolute atomic E-state index is 5.82. The molecule has 0 bridgehead atoms. The van der Waals surface area contributed by atoms with E-state index >= 15 is 0 Å². The van der Waals surface area contributed by atoms with Crippen LogP contribution in [0, 0.1) is 0 Å². The van der Waals surface area contributed by atoms with Crippen LogP contribution in [0.2, 0.25) is 5.02 Å². The zero-order valence-corrected chi connectivity index (χ0v) is 8.02.